The van der Waals surface area contributed by atoms with Gasteiger partial charge in [0.15, 0.2) is 0 Å². The Morgan fingerprint density at radius 2 is 1.44 bits per heavy atom. The average molecular weight is 429 g/mol. The molecule has 162 valence electrons. The zero-order chi connectivity index (χ0) is 22.5. The Balaban J connectivity index is 1.47. The summed E-state index contributed by atoms with van der Waals surface area (Å²) in [5.74, 6) is -0.781. The molecule has 0 aliphatic heterocycles. The minimum Gasteiger partial charge on any atom is -0.444 e. The molecule has 0 heterocycles. The van der Waals surface area contributed by atoms with Crippen LogP contribution in [0.25, 0.3) is 11.1 Å². The second-order valence-corrected chi connectivity index (χ2v) is 7.67. The summed E-state index contributed by atoms with van der Waals surface area (Å²) in [7, 11) is 0. The van der Waals surface area contributed by atoms with Crippen molar-refractivity contribution in [3.8, 4) is 16.9 Å². The Bertz CT molecular complexity index is 1100. The van der Waals surface area contributed by atoms with E-state index in [-0.39, 0.29) is 17.9 Å². The maximum Gasteiger partial charge on any atom is 0.339 e. The predicted molar refractivity (Wildman–Crippen MR) is 119 cm³/mol. The van der Waals surface area contributed by atoms with E-state index in [4.69, 9.17) is 9.47 Å². The van der Waals surface area contributed by atoms with Crippen LogP contribution < -0.4 is 10.1 Å². The molecule has 1 unspecified atom stereocenters. The van der Waals surface area contributed by atoms with Gasteiger partial charge in [0.25, 0.3) is 5.91 Å². The lowest BCUT2D eigenvalue weighted by Gasteiger charge is -2.18. The van der Waals surface area contributed by atoms with Crippen molar-refractivity contribution in [2.75, 3.05) is 0 Å². The van der Waals surface area contributed by atoms with Gasteiger partial charge in [-0.25, -0.2) is 4.79 Å². The van der Waals surface area contributed by atoms with Crippen LogP contribution in [0.4, 0.5) is 0 Å². The number of hydrogen-bond donors (Lipinski definition) is 1. The number of esters is 2. The number of benzene rings is 3. The molecule has 3 aromatic carbocycles. The highest BCUT2D eigenvalue weighted by molar-refractivity contribution is 5.93. The maximum absolute atomic E-state index is 12.8. The highest BCUT2D eigenvalue weighted by atomic mass is 16.5. The maximum atomic E-state index is 12.8. The zero-order valence-electron chi connectivity index (χ0n) is 17.6. The Hall–Kier alpha value is -3.93. The van der Waals surface area contributed by atoms with Gasteiger partial charge >= 0.3 is 11.9 Å². The molecule has 0 aromatic heterocycles. The third-order valence-electron chi connectivity index (χ3n) is 5.06. The van der Waals surface area contributed by atoms with E-state index < -0.39 is 12.1 Å². The van der Waals surface area contributed by atoms with E-state index in [1.54, 1.807) is 48.5 Å². The molecular formula is C26H23NO5. The molecule has 32 heavy (non-hydrogen) atoms. The van der Waals surface area contributed by atoms with Crippen molar-refractivity contribution >= 4 is 17.8 Å². The fraction of sp³-hybridized carbons (Fsp3) is 0.192. The van der Waals surface area contributed by atoms with E-state index in [0.29, 0.717) is 16.9 Å². The largest absolute Gasteiger partial charge is 0.444 e. The fourth-order valence-corrected chi connectivity index (χ4v) is 3.26. The Labute approximate surface area is 186 Å². The summed E-state index contributed by atoms with van der Waals surface area (Å²) in [5, 5.41) is 2.91. The SMILES string of the molecule is CC(=O)Oc1ccc(-c2ccc(C(=O)OC(C(=O)NC3CC3)c3ccccc3)cc2)cc1. The Kier molecular flexibility index (Phi) is 6.31. The molecular weight excluding hydrogens is 406 g/mol. The molecule has 1 aliphatic carbocycles. The lowest BCUT2D eigenvalue weighted by Crippen LogP contribution is -2.33. The van der Waals surface area contributed by atoms with Gasteiger partial charge in [-0.3, -0.25) is 9.59 Å². The molecule has 1 amide bonds. The van der Waals surface area contributed by atoms with Gasteiger partial charge in [0.05, 0.1) is 5.56 Å². The molecule has 0 spiro atoms. The topological polar surface area (TPSA) is 81.7 Å². The van der Waals surface area contributed by atoms with Crippen LogP contribution in [-0.4, -0.2) is 23.9 Å². The van der Waals surface area contributed by atoms with Crippen LogP contribution in [0.1, 0.15) is 41.8 Å². The van der Waals surface area contributed by atoms with Crippen LogP contribution in [0.15, 0.2) is 78.9 Å². The Morgan fingerprint density at radius 1 is 0.844 bits per heavy atom. The van der Waals surface area contributed by atoms with Gasteiger partial charge < -0.3 is 14.8 Å². The highest BCUT2D eigenvalue weighted by Crippen LogP contribution is 2.26. The molecule has 0 bridgehead atoms. The van der Waals surface area contributed by atoms with E-state index in [2.05, 4.69) is 5.32 Å². The minimum atomic E-state index is -1.00. The van der Waals surface area contributed by atoms with Crippen LogP contribution in [-0.2, 0) is 14.3 Å². The number of hydrogen-bond acceptors (Lipinski definition) is 5. The van der Waals surface area contributed by atoms with Crippen LogP contribution >= 0.6 is 0 Å². The highest BCUT2D eigenvalue weighted by Gasteiger charge is 2.31. The molecule has 4 rings (SSSR count). The van der Waals surface area contributed by atoms with Crippen molar-refractivity contribution in [2.24, 2.45) is 0 Å². The summed E-state index contributed by atoms with van der Waals surface area (Å²) in [6.07, 6.45) is 0.896. The number of carbonyl (C=O) groups is 3. The van der Waals surface area contributed by atoms with Gasteiger partial charge in [-0.2, -0.15) is 0 Å². The quantitative estimate of drug-likeness (QED) is 0.443. The van der Waals surface area contributed by atoms with Gasteiger partial charge in [-0.05, 0) is 48.2 Å². The number of rotatable bonds is 7. The number of nitrogens with one attached hydrogen (secondary N) is 1. The summed E-state index contributed by atoms with van der Waals surface area (Å²) in [4.78, 5) is 36.5. The Morgan fingerprint density at radius 3 is 2.00 bits per heavy atom. The van der Waals surface area contributed by atoms with Crippen molar-refractivity contribution in [2.45, 2.75) is 31.9 Å². The van der Waals surface area contributed by atoms with E-state index in [1.807, 2.05) is 30.3 Å². The summed E-state index contributed by atoms with van der Waals surface area (Å²) in [5.41, 5.74) is 2.78. The molecule has 1 N–H and O–H groups in total. The van der Waals surface area contributed by atoms with Gasteiger partial charge in [-0.15, -0.1) is 0 Å². The molecule has 0 saturated heterocycles. The molecule has 0 radical (unpaired) electrons. The summed E-state index contributed by atoms with van der Waals surface area (Å²) in [6.45, 7) is 1.35. The lowest BCUT2D eigenvalue weighted by molar-refractivity contribution is -0.132. The molecule has 1 atom stereocenters. The second-order valence-electron chi connectivity index (χ2n) is 7.67. The first-order valence-electron chi connectivity index (χ1n) is 10.4. The standard InChI is InChI=1S/C26H23NO5/c1-17(28)31-23-15-11-19(12-16-23)18-7-9-21(10-8-18)26(30)32-24(20-5-3-2-4-6-20)25(29)27-22-13-14-22/h2-12,15-16,22,24H,13-14H2,1H3,(H,27,29). The van der Waals surface area contributed by atoms with E-state index in [9.17, 15) is 14.4 Å². The predicted octanol–water partition coefficient (Wildman–Crippen LogP) is 4.46. The van der Waals surface area contributed by atoms with Crippen molar-refractivity contribution in [1.29, 1.82) is 0 Å². The first-order valence-corrected chi connectivity index (χ1v) is 10.4. The molecule has 1 saturated carbocycles. The van der Waals surface area contributed by atoms with Gasteiger partial charge in [-0.1, -0.05) is 54.6 Å². The van der Waals surface area contributed by atoms with Crippen LogP contribution in [0.3, 0.4) is 0 Å². The number of carbonyl (C=O) groups excluding carboxylic acids is 3. The van der Waals surface area contributed by atoms with Crippen LogP contribution in [0.5, 0.6) is 5.75 Å². The van der Waals surface area contributed by atoms with Gasteiger partial charge in [0.1, 0.15) is 5.75 Å². The lowest BCUT2D eigenvalue weighted by atomic mass is 10.0. The number of ether oxygens (including phenoxy) is 2. The van der Waals surface area contributed by atoms with Gasteiger partial charge in [0, 0.05) is 18.5 Å². The zero-order valence-corrected chi connectivity index (χ0v) is 17.6. The minimum absolute atomic E-state index is 0.166. The second kappa shape index (κ2) is 9.47. The van der Waals surface area contributed by atoms with Crippen LogP contribution in [0, 0.1) is 0 Å². The van der Waals surface area contributed by atoms with Gasteiger partial charge in [0.2, 0.25) is 6.10 Å². The van der Waals surface area contributed by atoms with E-state index in [0.717, 1.165) is 24.0 Å². The third-order valence-corrected chi connectivity index (χ3v) is 5.06. The van der Waals surface area contributed by atoms with E-state index >= 15 is 0 Å². The fourth-order valence-electron chi connectivity index (χ4n) is 3.26. The van der Waals surface area contributed by atoms with Crippen LogP contribution in [0.2, 0.25) is 0 Å². The third kappa shape index (κ3) is 5.40. The first-order chi connectivity index (χ1) is 15.5. The molecule has 3 aromatic rings. The average Bonchev–Trinajstić information content (AvgIpc) is 3.62. The first kappa shape index (κ1) is 21.3. The van der Waals surface area contributed by atoms with Crippen molar-refractivity contribution in [3.63, 3.8) is 0 Å². The smallest absolute Gasteiger partial charge is 0.339 e. The summed E-state index contributed by atoms with van der Waals surface area (Å²) < 4.78 is 10.7. The van der Waals surface area contributed by atoms with E-state index in [1.165, 1.54) is 6.92 Å². The van der Waals surface area contributed by atoms with Crippen molar-refractivity contribution in [3.05, 3.63) is 90.0 Å². The molecule has 6 nitrogen and oxygen atoms in total. The molecule has 1 fully saturated rings. The monoisotopic (exact) mass is 429 g/mol. The summed E-state index contributed by atoms with van der Waals surface area (Å²) >= 11 is 0. The molecule has 6 heteroatoms. The normalized spacial score (nSPS) is 13.7. The molecule has 1 aliphatic rings. The number of amides is 1. The van der Waals surface area contributed by atoms with Crippen molar-refractivity contribution < 1.29 is 23.9 Å². The summed E-state index contributed by atoms with van der Waals surface area (Å²) in [6, 6.07) is 23.2. The van der Waals surface area contributed by atoms with Crippen molar-refractivity contribution in [1.82, 2.24) is 5.32 Å².